The van der Waals surface area contributed by atoms with Gasteiger partial charge in [-0.25, -0.2) is 4.39 Å². The van der Waals surface area contributed by atoms with Crippen molar-refractivity contribution in [1.82, 2.24) is 5.32 Å². The Bertz CT molecular complexity index is 921. The van der Waals surface area contributed by atoms with E-state index in [4.69, 9.17) is 4.74 Å². The zero-order valence-electron chi connectivity index (χ0n) is 15.9. The highest BCUT2D eigenvalue weighted by Crippen LogP contribution is 2.37. The number of ether oxygens (including phenoxy) is 1. The van der Waals surface area contributed by atoms with Crippen molar-refractivity contribution in [3.63, 3.8) is 0 Å². The van der Waals surface area contributed by atoms with E-state index in [0.717, 1.165) is 23.1 Å². The molecule has 0 aliphatic carbocycles. The maximum Gasteiger partial charge on any atom is 0.325 e. The summed E-state index contributed by atoms with van der Waals surface area (Å²) < 4.78 is 18.6. The third-order valence-corrected chi connectivity index (χ3v) is 5.65. The molecular formula is C21H21FN2O4S. The molecule has 1 aliphatic rings. The van der Waals surface area contributed by atoms with Crippen LogP contribution in [0.5, 0.6) is 0 Å². The average molecular weight is 416 g/mol. The fourth-order valence-corrected chi connectivity index (χ4v) is 4.02. The third-order valence-electron chi connectivity index (χ3n) is 4.41. The van der Waals surface area contributed by atoms with Gasteiger partial charge in [0.1, 0.15) is 12.4 Å². The Morgan fingerprint density at radius 1 is 1.17 bits per heavy atom. The third kappa shape index (κ3) is 5.35. The lowest BCUT2D eigenvalue weighted by molar-refractivity contribution is -0.146. The second-order valence-corrected chi connectivity index (χ2v) is 8.03. The largest absolute Gasteiger partial charge is 0.454 e. The summed E-state index contributed by atoms with van der Waals surface area (Å²) in [5, 5.41) is 2.66. The van der Waals surface area contributed by atoms with E-state index in [-0.39, 0.29) is 11.5 Å². The Morgan fingerprint density at radius 2 is 1.90 bits per heavy atom. The molecule has 1 N–H and O–H groups in total. The van der Waals surface area contributed by atoms with Crippen LogP contribution in [0.4, 0.5) is 10.1 Å². The number of anilines is 1. The molecule has 0 spiro atoms. The number of esters is 1. The van der Waals surface area contributed by atoms with Gasteiger partial charge in [0.15, 0.2) is 6.61 Å². The second-order valence-electron chi connectivity index (χ2n) is 6.55. The number of para-hydroxylation sites is 1. The molecule has 8 heteroatoms. The number of carbonyl (C=O) groups excluding carboxylic acids is 3. The minimum absolute atomic E-state index is 0.163. The molecule has 0 saturated carbocycles. The molecule has 1 atom stereocenters. The molecule has 0 saturated heterocycles. The summed E-state index contributed by atoms with van der Waals surface area (Å²) in [5.74, 6) is -2.51. The van der Waals surface area contributed by atoms with Crippen molar-refractivity contribution in [3.8, 4) is 0 Å². The molecule has 0 unspecified atom stereocenters. The Hall–Kier alpha value is -2.87. The van der Waals surface area contributed by atoms with Gasteiger partial charge < -0.3 is 15.0 Å². The number of carbonyl (C=O) groups is 3. The zero-order chi connectivity index (χ0) is 20.8. The number of nitrogens with one attached hydrogen (secondary N) is 1. The number of rotatable bonds is 5. The lowest BCUT2D eigenvalue weighted by Crippen LogP contribution is -2.37. The lowest BCUT2D eigenvalue weighted by atomic mass is 10.2. The summed E-state index contributed by atoms with van der Waals surface area (Å²) >= 11 is 1.71. The predicted molar refractivity (Wildman–Crippen MR) is 108 cm³/mol. The topological polar surface area (TPSA) is 75.7 Å². The van der Waals surface area contributed by atoms with Crippen LogP contribution < -0.4 is 10.2 Å². The SMILES string of the molecule is C[C@H]1CCN(C(=O)COC(=O)CNC(=O)c2ccccc2F)c2ccccc2S1. The van der Waals surface area contributed by atoms with E-state index in [0.29, 0.717) is 11.8 Å². The van der Waals surface area contributed by atoms with Crippen molar-refractivity contribution >= 4 is 35.2 Å². The number of nitrogens with zero attached hydrogens (tertiary/aromatic N) is 1. The maximum absolute atomic E-state index is 13.6. The van der Waals surface area contributed by atoms with Crippen molar-refractivity contribution in [1.29, 1.82) is 0 Å². The van der Waals surface area contributed by atoms with Gasteiger partial charge in [-0.3, -0.25) is 14.4 Å². The van der Waals surface area contributed by atoms with Crippen LogP contribution >= 0.6 is 11.8 Å². The van der Waals surface area contributed by atoms with Crippen LogP contribution in [0.15, 0.2) is 53.4 Å². The molecule has 0 bridgehead atoms. The van der Waals surface area contributed by atoms with Crippen molar-refractivity contribution in [3.05, 3.63) is 59.9 Å². The minimum Gasteiger partial charge on any atom is -0.454 e. The van der Waals surface area contributed by atoms with Gasteiger partial charge in [-0.2, -0.15) is 0 Å². The summed E-state index contributed by atoms with van der Waals surface area (Å²) in [6.07, 6.45) is 0.817. The Morgan fingerprint density at radius 3 is 2.69 bits per heavy atom. The monoisotopic (exact) mass is 416 g/mol. The molecule has 2 aromatic rings. The zero-order valence-corrected chi connectivity index (χ0v) is 16.7. The molecule has 1 aliphatic heterocycles. The van der Waals surface area contributed by atoms with E-state index in [9.17, 15) is 18.8 Å². The maximum atomic E-state index is 13.6. The van der Waals surface area contributed by atoms with E-state index < -0.39 is 30.8 Å². The number of amides is 2. The highest BCUT2D eigenvalue weighted by atomic mass is 32.2. The number of halogens is 1. The number of hydrogen-bond donors (Lipinski definition) is 1. The summed E-state index contributed by atoms with van der Waals surface area (Å²) in [6.45, 7) is 1.75. The molecule has 0 aromatic heterocycles. The van der Waals surface area contributed by atoms with Gasteiger partial charge in [-0.05, 0) is 30.7 Å². The van der Waals surface area contributed by atoms with E-state index in [2.05, 4.69) is 12.2 Å². The van der Waals surface area contributed by atoms with Gasteiger partial charge in [-0.1, -0.05) is 31.2 Å². The summed E-state index contributed by atoms with van der Waals surface area (Å²) in [5.41, 5.74) is 0.639. The average Bonchev–Trinajstić information content (AvgIpc) is 2.88. The first kappa shape index (κ1) is 20.9. The van der Waals surface area contributed by atoms with Gasteiger partial charge in [-0.15, -0.1) is 11.8 Å². The molecule has 1 heterocycles. The summed E-state index contributed by atoms with van der Waals surface area (Å²) in [7, 11) is 0. The second kappa shape index (κ2) is 9.56. The van der Waals surface area contributed by atoms with E-state index in [1.807, 2.05) is 24.3 Å². The van der Waals surface area contributed by atoms with Gasteiger partial charge in [0.2, 0.25) is 0 Å². The summed E-state index contributed by atoms with van der Waals surface area (Å²) in [4.78, 5) is 39.1. The van der Waals surface area contributed by atoms with E-state index >= 15 is 0 Å². The first-order valence-electron chi connectivity index (χ1n) is 9.20. The quantitative estimate of drug-likeness (QED) is 0.759. The first-order valence-corrected chi connectivity index (χ1v) is 10.1. The Balaban J connectivity index is 1.53. The van der Waals surface area contributed by atoms with Crippen LogP contribution in [0.3, 0.4) is 0 Å². The first-order chi connectivity index (χ1) is 14.0. The van der Waals surface area contributed by atoms with Gasteiger partial charge in [0.25, 0.3) is 11.8 Å². The summed E-state index contributed by atoms with van der Waals surface area (Å²) in [6, 6.07) is 13.1. The number of thioether (sulfide) groups is 1. The Kier molecular flexibility index (Phi) is 6.87. The van der Waals surface area contributed by atoms with Crippen LogP contribution in [-0.2, 0) is 14.3 Å². The van der Waals surface area contributed by atoms with Crippen molar-refractivity contribution in [2.75, 3.05) is 24.6 Å². The molecule has 2 amide bonds. The smallest absolute Gasteiger partial charge is 0.325 e. The highest BCUT2D eigenvalue weighted by molar-refractivity contribution is 8.00. The number of hydrogen-bond acceptors (Lipinski definition) is 5. The molecule has 6 nitrogen and oxygen atoms in total. The molecular weight excluding hydrogens is 395 g/mol. The van der Waals surface area contributed by atoms with Crippen LogP contribution in [-0.4, -0.2) is 42.7 Å². The fourth-order valence-electron chi connectivity index (χ4n) is 2.91. The number of benzene rings is 2. The van der Waals surface area contributed by atoms with Gasteiger partial charge >= 0.3 is 5.97 Å². The lowest BCUT2D eigenvalue weighted by Gasteiger charge is -2.22. The van der Waals surface area contributed by atoms with Crippen molar-refractivity contribution < 1.29 is 23.5 Å². The van der Waals surface area contributed by atoms with E-state index in [1.54, 1.807) is 16.7 Å². The Labute approximate surface area is 172 Å². The molecule has 152 valence electrons. The number of fused-ring (bicyclic) bond motifs is 1. The normalized spacial score (nSPS) is 15.8. The van der Waals surface area contributed by atoms with Crippen molar-refractivity contribution in [2.45, 2.75) is 23.5 Å². The predicted octanol–water partition coefficient (Wildman–Crippen LogP) is 3.02. The highest BCUT2D eigenvalue weighted by Gasteiger charge is 2.25. The van der Waals surface area contributed by atoms with Crippen LogP contribution in [0, 0.1) is 5.82 Å². The van der Waals surface area contributed by atoms with Crippen LogP contribution in [0.25, 0.3) is 0 Å². The van der Waals surface area contributed by atoms with E-state index in [1.165, 1.54) is 18.2 Å². The van der Waals surface area contributed by atoms with Crippen molar-refractivity contribution in [2.24, 2.45) is 0 Å². The molecule has 3 rings (SSSR count). The van der Waals surface area contributed by atoms with Crippen LogP contribution in [0.1, 0.15) is 23.7 Å². The molecule has 0 radical (unpaired) electrons. The van der Waals surface area contributed by atoms with Crippen LogP contribution in [0.2, 0.25) is 0 Å². The van der Waals surface area contributed by atoms with Gasteiger partial charge in [0.05, 0.1) is 11.3 Å². The van der Waals surface area contributed by atoms with Gasteiger partial charge in [0, 0.05) is 16.7 Å². The fraction of sp³-hybridized carbons (Fsp3) is 0.286. The standard InChI is InChI=1S/C21H21FN2O4S/c1-14-10-11-24(17-8-4-5-9-18(17)29-14)19(25)13-28-20(26)12-23-21(27)15-6-2-3-7-16(15)22/h2-9,14H,10-13H2,1H3,(H,23,27)/t14-/m0/s1. The molecule has 2 aromatic carbocycles. The molecule has 29 heavy (non-hydrogen) atoms. The minimum atomic E-state index is -0.770. The molecule has 0 fully saturated rings.